The van der Waals surface area contributed by atoms with Gasteiger partial charge in [-0.25, -0.2) is 0 Å². The third-order valence-corrected chi connectivity index (χ3v) is 11.8. The van der Waals surface area contributed by atoms with Crippen molar-refractivity contribution in [2.45, 2.75) is 70.6 Å². The Morgan fingerprint density at radius 2 is 1.85 bits per heavy atom. The molecule has 0 spiro atoms. The number of aromatic nitrogens is 1. The summed E-state index contributed by atoms with van der Waals surface area (Å²) in [5.41, 5.74) is 3.52. The van der Waals surface area contributed by atoms with Crippen molar-refractivity contribution in [3.63, 3.8) is 0 Å². The van der Waals surface area contributed by atoms with Crippen LogP contribution in [0.15, 0.2) is 59.8 Å². The topological polar surface area (TPSA) is 82.6 Å². The third kappa shape index (κ3) is 5.20. The molecule has 210 valence electrons. The summed E-state index contributed by atoms with van der Waals surface area (Å²) in [5.74, 6) is 1.38. The number of hydrogen-bond donors (Lipinski definition) is 0. The van der Waals surface area contributed by atoms with Gasteiger partial charge in [0.1, 0.15) is 0 Å². The lowest BCUT2D eigenvalue weighted by molar-refractivity contribution is -0.147. The molecule has 7 heteroatoms. The molecular formula is C32H41NO5S. The van der Waals surface area contributed by atoms with E-state index in [-0.39, 0.29) is 34.2 Å². The molecule has 2 saturated carbocycles. The molecule has 3 aliphatic carbocycles. The molecule has 0 amide bonds. The van der Waals surface area contributed by atoms with Gasteiger partial charge in [0.25, 0.3) is 10.1 Å². The van der Waals surface area contributed by atoms with E-state index in [1.165, 1.54) is 18.2 Å². The highest BCUT2D eigenvalue weighted by atomic mass is 32.2. The number of carbonyl (C=O) groups is 1. The molecule has 0 aliphatic heterocycles. The van der Waals surface area contributed by atoms with E-state index < -0.39 is 10.1 Å². The van der Waals surface area contributed by atoms with E-state index in [1.807, 2.05) is 25.4 Å². The van der Waals surface area contributed by atoms with Crippen LogP contribution in [-0.2, 0) is 23.8 Å². The molecule has 1 aromatic carbocycles. The molecule has 0 saturated heterocycles. The lowest BCUT2D eigenvalue weighted by Crippen LogP contribution is -2.52. The van der Waals surface area contributed by atoms with Crippen LogP contribution in [0.3, 0.4) is 0 Å². The summed E-state index contributed by atoms with van der Waals surface area (Å²) in [6.07, 6.45) is 12.4. The molecule has 0 N–H and O–H groups in total. The molecule has 0 radical (unpaired) electrons. The zero-order valence-corrected chi connectivity index (χ0v) is 24.4. The first kappa shape index (κ1) is 28.0. The van der Waals surface area contributed by atoms with E-state index in [0.29, 0.717) is 30.6 Å². The predicted octanol–water partition coefficient (Wildman–Crippen LogP) is 6.60. The lowest BCUT2D eigenvalue weighted by atomic mass is 9.46. The van der Waals surface area contributed by atoms with Gasteiger partial charge >= 0.3 is 5.97 Å². The van der Waals surface area contributed by atoms with Crippen LogP contribution in [0.2, 0.25) is 0 Å². The monoisotopic (exact) mass is 551 g/mol. The normalized spacial score (nSPS) is 32.2. The fraction of sp³-hybridized carbons (Fsp3) is 0.562. The first-order valence-corrected chi connectivity index (χ1v) is 15.6. The van der Waals surface area contributed by atoms with Gasteiger partial charge in [0.2, 0.25) is 0 Å². The Kier molecular flexibility index (Phi) is 7.77. The van der Waals surface area contributed by atoms with E-state index in [1.54, 1.807) is 24.3 Å². The minimum Gasteiger partial charge on any atom is -0.469 e. The maximum atomic E-state index is 12.9. The Balaban J connectivity index is 1.37. The first-order valence-electron chi connectivity index (χ1n) is 14.2. The summed E-state index contributed by atoms with van der Waals surface area (Å²) in [5, 5.41) is 0. The molecule has 3 aliphatic rings. The van der Waals surface area contributed by atoms with Gasteiger partial charge in [-0.1, -0.05) is 43.7 Å². The zero-order valence-electron chi connectivity index (χ0n) is 23.6. The van der Waals surface area contributed by atoms with Crippen LogP contribution in [-0.4, -0.2) is 33.1 Å². The minimum atomic E-state index is -3.85. The Hall–Kier alpha value is -2.51. The van der Waals surface area contributed by atoms with E-state index >= 15 is 0 Å². The number of fused-ring (bicyclic) bond motifs is 3. The van der Waals surface area contributed by atoms with Crippen LogP contribution in [0.1, 0.15) is 69.9 Å². The summed E-state index contributed by atoms with van der Waals surface area (Å²) in [6.45, 7) is 6.73. The average Bonchev–Trinajstić information content (AvgIpc) is 3.28. The number of rotatable bonds is 8. The van der Waals surface area contributed by atoms with Crippen LogP contribution in [0, 0.1) is 41.4 Å². The molecule has 2 aromatic rings. The number of nitrogens with zero attached hydrogens (tertiary/aromatic N) is 1. The summed E-state index contributed by atoms with van der Waals surface area (Å²) in [7, 11) is -2.40. The van der Waals surface area contributed by atoms with Crippen LogP contribution < -0.4 is 0 Å². The van der Waals surface area contributed by atoms with Crippen molar-refractivity contribution < 1.29 is 22.1 Å². The second-order valence-electron chi connectivity index (χ2n) is 12.3. The standard InChI is InChI=1S/C32H41NO5S/c1-22-7-10-25(11-8-22)39(35,36)38-19-17-31(2)24(20-30(34)37-4)9-12-26-28-14-13-27(23-6-5-18-33-21-23)32(28,3)16-15-29(26)31/h5-8,10-11,13,18,21,24,26,28-29H,9,12,14-17,19-20H2,1-4H3/t24-,26-,28-,29-,31-,32+/m0/s1. The number of ether oxygens (including phenoxy) is 1. The molecule has 1 heterocycles. The van der Waals surface area contributed by atoms with E-state index in [0.717, 1.165) is 37.7 Å². The van der Waals surface area contributed by atoms with Gasteiger partial charge in [-0.05, 0) is 109 Å². The van der Waals surface area contributed by atoms with E-state index in [9.17, 15) is 13.2 Å². The van der Waals surface area contributed by atoms with Crippen LogP contribution in [0.4, 0.5) is 0 Å². The maximum Gasteiger partial charge on any atom is 0.305 e. The highest BCUT2D eigenvalue weighted by Gasteiger charge is 2.58. The lowest BCUT2D eigenvalue weighted by Gasteiger charge is -2.59. The van der Waals surface area contributed by atoms with Crippen molar-refractivity contribution >= 4 is 21.7 Å². The van der Waals surface area contributed by atoms with Crippen LogP contribution in [0.25, 0.3) is 5.57 Å². The number of aryl methyl sites for hydroxylation is 1. The van der Waals surface area contributed by atoms with Crippen molar-refractivity contribution in [1.29, 1.82) is 0 Å². The SMILES string of the molecule is COC(=O)C[C@@H]1CC[C@@H]2[C@H](CC[C@]3(C)C(c4cccnc4)=CC[C@@H]23)[C@@]1(C)CCOS(=O)(=O)c1ccc(C)cc1. The number of methoxy groups -OCH3 is 1. The number of esters is 1. The molecule has 1 aromatic heterocycles. The van der Waals surface area contributed by atoms with Crippen LogP contribution in [0.5, 0.6) is 0 Å². The van der Waals surface area contributed by atoms with Gasteiger partial charge in [0, 0.05) is 18.8 Å². The Bertz CT molecular complexity index is 1320. The Morgan fingerprint density at radius 1 is 1.08 bits per heavy atom. The summed E-state index contributed by atoms with van der Waals surface area (Å²) in [4.78, 5) is 17.0. The number of allylic oxidation sites excluding steroid dienone is 2. The Morgan fingerprint density at radius 3 is 2.54 bits per heavy atom. The summed E-state index contributed by atoms with van der Waals surface area (Å²) in [6, 6.07) is 10.9. The number of carbonyl (C=O) groups excluding carboxylic acids is 1. The molecular weight excluding hydrogens is 510 g/mol. The van der Waals surface area contributed by atoms with Gasteiger partial charge in [0.15, 0.2) is 0 Å². The van der Waals surface area contributed by atoms with Crippen molar-refractivity contribution in [3.8, 4) is 0 Å². The van der Waals surface area contributed by atoms with E-state index in [2.05, 4.69) is 31.0 Å². The van der Waals surface area contributed by atoms with Crippen molar-refractivity contribution in [3.05, 3.63) is 66.0 Å². The van der Waals surface area contributed by atoms with Gasteiger partial charge in [-0.15, -0.1) is 0 Å². The molecule has 39 heavy (non-hydrogen) atoms. The zero-order chi connectivity index (χ0) is 27.8. The van der Waals surface area contributed by atoms with Crippen molar-refractivity contribution in [2.24, 2.45) is 34.5 Å². The molecule has 0 bridgehead atoms. The average molecular weight is 552 g/mol. The largest absolute Gasteiger partial charge is 0.469 e. The van der Waals surface area contributed by atoms with Gasteiger partial charge in [-0.2, -0.15) is 8.42 Å². The van der Waals surface area contributed by atoms with Crippen molar-refractivity contribution in [2.75, 3.05) is 13.7 Å². The number of benzene rings is 1. The number of pyridine rings is 1. The fourth-order valence-electron chi connectivity index (χ4n) is 8.23. The van der Waals surface area contributed by atoms with Crippen molar-refractivity contribution in [1.82, 2.24) is 4.98 Å². The molecule has 0 unspecified atom stereocenters. The maximum absolute atomic E-state index is 12.9. The molecule has 6 nitrogen and oxygen atoms in total. The summed E-state index contributed by atoms with van der Waals surface area (Å²) < 4.78 is 36.5. The number of hydrogen-bond acceptors (Lipinski definition) is 6. The van der Waals surface area contributed by atoms with Gasteiger partial charge in [-0.3, -0.25) is 14.0 Å². The summed E-state index contributed by atoms with van der Waals surface area (Å²) >= 11 is 0. The second-order valence-corrected chi connectivity index (χ2v) is 13.9. The fourth-order valence-corrected chi connectivity index (χ4v) is 9.13. The quantitative estimate of drug-likeness (QED) is 0.272. The predicted molar refractivity (Wildman–Crippen MR) is 151 cm³/mol. The van der Waals surface area contributed by atoms with Gasteiger partial charge < -0.3 is 4.74 Å². The second kappa shape index (κ2) is 10.8. The highest BCUT2D eigenvalue weighted by molar-refractivity contribution is 7.86. The highest BCUT2D eigenvalue weighted by Crippen LogP contribution is 2.66. The third-order valence-electron chi connectivity index (χ3n) is 10.4. The van der Waals surface area contributed by atoms with Gasteiger partial charge in [0.05, 0.1) is 18.6 Å². The molecule has 5 rings (SSSR count). The first-order chi connectivity index (χ1) is 18.6. The smallest absolute Gasteiger partial charge is 0.305 e. The Labute approximate surface area is 233 Å². The van der Waals surface area contributed by atoms with E-state index in [4.69, 9.17) is 8.92 Å². The minimum absolute atomic E-state index is 0.103. The molecule has 6 atom stereocenters. The van der Waals surface area contributed by atoms with Crippen LogP contribution >= 0.6 is 0 Å². The molecule has 2 fully saturated rings.